The van der Waals surface area contributed by atoms with E-state index in [-0.39, 0.29) is 19.1 Å². The van der Waals surface area contributed by atoms with Gasteiger partial charge in [0, 0.05) is 19.2 Å². The van der Waals surface area contributed by atoms with Gasteiger partial charge >= 0.3 is 0 Å². The predicted octanol–water partition coefficient (Wildman–Crippen LogP) is -0.180. The van der Waals surface area contributed by atoms with Gasteiger partial charge in [-0.25, -0.2) is 0 Å². The van der Waals surface area contributed by atoms with Gasteiger partial charge in [-0.05, 0) is 32.3 Å². The van der Waals surface area contributed by atoms with Crippen molar-refractivity contribution >= 4 is 5.91 Å². The van der Waals surface area contributed by atoms with Crippen LogP contribution in [-0.4, -0.2) is 91.7 Å². The Morgan fingerprint density at radius 1 is 1.29 bits per heavy atom. The number of benzene rings is 1. The maximum Gasteiger partial charge on any atom is 0.254 e. The second-order valence-corrected chi connectivity index (χ2v) is 6.26. The van der Waals surface area contributed by atoms with Crippen molar-refractivity contribution in [3.63, 3.8) is 0 Å². The SMILES string of the molecule is CN(C)CCOc1cccc(C(=O)N(C)[C@@H]2COC[C@@H](O)[C@H]2O)c1. The lowest BCUT2D eigenvalue weighted by Crippen LogP contribution is -2.56. The minimum atomic E-state index is -1.02. The highest BCUT2D eigenvalue weighted by Crippen LogP contribution is 2.19. The zero-order valence-corrected chi connectivity index (χ0v) is 14.4. The highest BCUT2D eigenvalue weighted by Gasteiger charge is 2.36. The molecule has 0 bridgehead atoms. The van der Waals surface area contributed by atoms with E-state index in [1.165, 1.54) is 4.90 Å². The molecule has 2 rings (SSSR count). The first-order valence-corrected chi connectivity index (χ1v) is 7.98. The Balaban J connectivity index is 2.03. The summed E-state index contributed by atoms with van der Waals surface area (Å²) in [4.78, 5) is 16.1. The molecule has 7 nitrogen and oxygen atoms in total. The molecule has 1 aliphatic heterocycles. The maximum absolute atomic E-state index is 12.6. The van der Waals surface area contributed by atoms with Crippen LogP contribution in [0.1, 0.15) is 10.4 Å². The number of carbonyl (C=O) groups excluding carboxylic acids is 1. The summed E-state index contributed by atoms with van der Waals surface area (Å²) in [6.07, 6.45) is -2.01. The molecule has 2 N–H and O–H groups in total. The van der Waals surface area contributed by atoms with E-state index in [0.717, 1.165) is 6.54 Å². The summed E-state index contributed by atoms with van der Waals surface area (Å²) in [7, 11) is 5.52. The predicted molar refractivity (Wildman–Crippen MR) is 89.2 cm³/mol. The molecule has 1 aromatic rings. The number of carbonyl (C=O) groups is 1. The van der Waals surface area contributed by atoms with Gasteiger partial charge in [0.1, 0.15) is 24.6 Å². The summed E-state index contributed by atoms with van der Waals surface area (Å²) in [5, 5.41) is 19.8. The first kappa shape index (κ1) is 18.7. The van der Waals surface area contributed by atoms with Gasteiger partial charge in [0.25, 0.3) is 5.91 Å². The van der Waals surface area contributed by atoms with E-state index in [4.69, 9.17) is 9.47 Å². The third kappa shape index (κ3) is 4.67. The lowest BCUT2D eigenvalue weighted by molar-refractivity contribution is -0.122. The summed E-state index contributed by atoms with van der Waals surface area (Å²) in [5.41, 5.74) is 0.465. The van der Waals surface area contributed by atoms with E-state index in [2.05, 4.69) is 0 Å². The summed E-state index contributed by atoms with van der Waals surface area (Å²) >= 11 is 0. The summed E-state index contributed by atoms with van der Waals surface area (Å²) in [5.74, 6) is 0.367. The van der Waals surface area contributed by atoms with Gasteiger partial charge in [-0.1, -0.05) is 6.07 Å². The van der Waals surface area contributed by atoms with Crippen LogP contribution in [0.5, 0.6) is 5.75 Å². The van der Waals surface area contributed by atoms with Crippen molar-refractivity contribution in [3.8, 4) is 5.75 Å². The quantitative estimate of drug-likeness (QED) is 0.749. The summed E-state index contributed by atoms with van der Waals surface area (Å²) in [6.45, 7) is 1.58. The molecule has 1 amide bonds. The minimum Gasteiger partial charge on any atom is -0.492 e. The second-order valence-electron chi connectivity index (χ2n) is 6.26. The molecule has 7 heteroatoms. The van der Waals surface area contributed by atoms with Gasteiger partial charge in [0.15, 0.2) is 0 Å². The van der Waals surface area contributed by atoms with Gasteiger partial charge < -0.3 is 29.5 Å². The van der Waals surface area contributed by atoms with E-state index in [1.807, 2.05) is 19.0 Å². The Kier molecular flexibility index (Phi) is 6.56. The summed E-state index contributed by atoms with van der Waals surface area (Å²) < 4.78 is 10.9. The molecule has 0 aromatic heterocycles. The average Bonchev–Trinajstić information content (AvgIpc) is 2.56. The Bertz CT molecular complexity index is 552. The standard InChI is InChI=1S/C17H26N2O5/c1-18(2)7-8-24-13-6-4-5-12(9-13)17(22)19(3)14-10-23-11-15(20)16(14)21/h4-6,9,14-16,20-21H,7-8,10-11H2,1-3H3/t14-,15-,16+/m1/s1. The molecule has 1 heterocycles. The monoisotopic (exact) mass is 338 g/mol. The number of aliphatic hydroxyl groups excluding tert-OH is 2. The number of rotatable bonds is 6. The van der Waals surface area contributed by atoms with Gasteiger partial charge in [-0.15, -0.1) is 0 Å². The smallest absolute Gasteiger partial charge is 0.254 e. The highest BCUT2D eigenvalue weighted by molar-refractivity contribution is 5.94. The van der Waals surface area contributed by atoms with Crippen molar-refractivity contribution in [3.05, 3.63) is 29.8 Å². The average molecular weight is 338 g/mol. The lowest BCUT2D eigenvalue weighted by Gasteiger charge is -2.37. The van der Waals surface area contributed by atoms with E-state index in [1.54, 1.807) is 31.3 Å². The van der Waals surface area contributed by atoms with Crippen LogP contribution in [0.3, 0.4) is 0 Å². The molecule has 1 aromatic carbocycles. The molecule has 0 spiro atoms. The van der Waals surface area contributed by atoms with Gasteiger partial charge in [-0.3, -0.25) is 4.79 Å². The molecule has 134 valence electrons. The Labute approximate surface area is 142 Å². The molecule has 0 saturated carbocycles. The number of ether oxygens (including phenoxy) is 2. The fourth-order valence-corrected chi connectivity index (χ4v) is 2.52. The number of hydrogen-bond acceptors (Lipinski definition) is 6. The number of hydrogen-bond donors (Lipinski definition) is 2. The van der Waals surface area contributed by atoms with E-state index < -0.39 is 18.2 Å². The van der Waals surface area contributed by atoms with Crippen LogP contribution >= 0.6 is 0 Å². The zero-order valence-electron chi connectivity index (χ0n) is 14.4. The molecule has 0 unspecified atom stereocenters. The van der Waals surface area contributed by atoms with Gasteiger partial charge in [0.2, 0.25) is 0 Å². The number of likely N-dealkylation sites (N-methyl/N-ethyl adjacent to an activating group) is 2. The molecule has 24 heavy (non-hydrogen) atoms. The molecule has 0 aliphatic carbocycles. The Morgan fingerprint density at radius 3 is 2.75 bits per heavy atom. The third-order valence-electron chi connectivity index (χ3n) is 4.07. The Hall–Kier alpha value is -1.67. The fraction of sp³-hybridized carbons (Fsp3) is 0.588. The number of amides is 1. The maximum atomic E-state index is 12.6. The van der Waals surface area contributed by atoms with Crippen molar-refractivity contribution in [2.75, 3.05) is 47.5 Å². The van der Waals surface area contributed by atoms with Crippen LogP contribution in [0.4, 0.5) is 0 Å². The van der Waals surface area contributed by atoms with E-state index >= 15 is 0 Å². The highest BCUT2D eigenvalue weighted by atomic mass is 16.5. The van der Waals surface area contributed by atoms with Gasteiger partial charge in [-0.2, -0.15) is 0 Å². The number of nitrogens with zero attached hydrogens (tertiary/aromatic N) is 2. The molecule has 1 saturated heterocycles. The molecule has 3 atom stereocenters. The first-order chi connectivity index (χ1) is 11.4. The normalized spacial score (nSPS) is 24.0. The van der Waals surface area contributed by atoms with Crippen molar-refractivity contribution in [1.29, 1.82) is 0 Å². The van der Waals surface area contributed by atoms with Crippen LogP contribution < -0.4 is 4.74 Å². The van der Waals surface area contributed by atoms with Crippen LogP contribution in [0.15, 0.2) is 24.3 Å². The van der Waals surface area contributed by atoms with Crippen LogP contribution in [0, 0.1) is 0 Å². The van der Waals surface area contributed by atoms with Crippen molar-refractivity contribution in [2.24, 2.45) is 0 Å². The van der Waals surface area contributed by atoms with Crippen molar-refractivity contribution in [2.45, 2.75) is 18.2 Å². The van der Waals surface area contributed by atoms with E-state index in [0.29, 0.717) is 17.9 Å². The fourth-order valence-electron chi connectivity index (χ4n) is 2.52. The molecular formula is C17H26N2O5. The van der Waals surface area contributed by atoms with Crippen LogP contribution in [-0.2, 0) is 4.74 Å². The van der Waals surface area contributed by atoms with Gasteiger partial charge in [0.05, 0.1) is 19.3 Å². The Morgan fingerprint density at radius 2 is 2.04 bits per heavy atom. The largest absolute Gasteiger partial charge is 0.492 e. The minimum absolute atomic E-state index is 0.0783. The topological polar surface area (TPSA) is 82.5 Å². The lowest BCUT2D eigenvalue weighted by atomic mass is 10.0. The molecule has 0 radical (unpaired) electrons. The van der Waals surface area contributed by atoms with E-state index in [9.17, 15) is 15.0 Å². The van der Waals surface area contributed by atoms with Crippen LogP contribution in [0.2, 0.25) is 0 Å². The molecule has 1 fully saturated rings. The first-order valence-electron chi connectivity index (χ1n) is 7.98. The van der Waals surface area contributed by atoms with Crippen molar-refractivity contribution < 1.29 is 24.5 Å². The third-order valence-corrected chi connectivity index (χ3v) is 4.07. The van der Waals surface area contributed by atoms with Crippen LogP contribution in [0.25, 0.3) is 0 Å². The molecular weight excluding hydrogens is 312 g/mol. The zero-order chi connectivity index (χ0) is 17.7. The van der Waals surface area contributed by atoms with Crippen molar-refractivity contribution in [1.82, 2.24) is 9.80 Å². The second kappa shape index (κ2) is 8.43. The molecule has 1 aliphatic rings. The number of aliphatic hydroxyl groups is 2. The summed E-state index contributed by atoms with van der Waals surface area (Å²) in [6, 6.07) is 6.36.